The van der Waals surface area contributed by atoms with Crippen molar-refractivity contribution in [1.82, 2.24) is 4.57 Å². The molecule has 4 rings (SSSR count). The maximum atomic E-state index is 13.7. The minimum absolute atomic E-state index is 0.188. The molecule has 0 saturated carbocycles. The molecule has 1 atom stereocenters. The molecule has 1 aromatic heterocycles. The van der Waals surface area contributed by atoms with Crippen LogP contribution in [0.15, 0.2) is 74.5 Å². The molecule has 1 aliphatic heterocycles. The second kappa shape index (κ2) is 11.3. The van der Waals surface area contributed by atoms with E-state index in [1.54, 1.807) is 30.2 Å². The van der Waals surface area contributed by atoms with Crippen LogP contribution >= 0.6 is 23.1 Å². The third-order valence-electron chi connectivity index (χ3n) is 5.71. The van der Waals surface area contributed by atoms with Crippen LogP contribution in [-0.2, 0) is 9.53 Å². The highest BCUT2D eigenvalue weighted by Gasteiger charge is 2.33. The van der Waals surface area contributed by atoms with Crippen molar-refractivity contribution in [3.05, 3.63) is 90.6 Å². The number of carbonyl (C=O) groups excluding carboxylic acids is 1. The number of nitrogens with zero attached hydrogens (tertiary/aromatic N) is 2. The minimum Gasteiger partial charge on any atom is -0.493 e. The third kappa shape index (κ3) is 5.50. The van der Waals surface area contributed by atoms with Crippen molar-refractivity contribution in [1.29, 1.82) is 0 Å². The maximum Gasteiger partial charge on any atom is 0.338 e. The predicted molar refractivity (Wildman–Crippen MR) is 145 cm³/mol. The highest BCUT2D eigenvalue weighted by atomic mass is 32.2. The molecule has 0 amide bonds. The summed E-state index contributed by atoms with van der Waals surface area (Å²) in [5.41, 5.74) is 2.49. The summed E-state index contributed by atoms with van der Waals surface area (Å²) < 4.78 is 13.3. The summed E-state index contributed by atoms with van der Waals surface area (Å²) in [7, 11) is 0. The Labute approximate surface area is 219 Å². The molecule has 2 heterocycles. The van der Waals surface area contributed by atoms with E-state index < -0.39 is 12.0 Å². The molecule has 0 spiro atoms. The van der Waals surface area contributed by atoms with Crippen molar-refractivity contribution in [3.8, 4) is 5.75 Å². The van der Waals surface area contributed by atoms with Gasteiger partial charge in [0.2, 0.25) is 0 Å². The van der Waals surface area contributed by atoms with Gasteiger partial charge in [0.25, 0.3) is 5.56 Å². The van der Waals surface area contributed by atoms with Crippen LogP contribution in [0.4, 0.5) is 0 Å². The number of hydrogen-bond donors (Lipinski definition) is 0. The van der Waals surface area contributed by atoms with Crippen LogP contribution in [0.25, 0.3) is 6.08 Å². The van der Waals surface area contributed by atoms with Gasteiger partial charge in [0.05, 0.1) is 35.1 Å². The normalized spacial score (nSPS) is 15.6. The first kappa shape index (κ1) is 26.0. The lowest BCUT2D eigenvalue weighted by Gasteiger charge is -2.24. The number of thioether (sulfide) groups is 1. The Bertz CT molecular complexity index is 1450. The van der Waals surface area contributed by atoms with Gasteiger partial charge in [-0.25, -0.2) is 9.79 Å². The Kier molecular flexibility index (Phi) is 8.16. The van der Waals surface area contributed by atoms with Crippen LogP contribution in [0.2, 0.25) is 0 Å². The quantitative estimate of drug-likeness (QED) is 0.321. The van der Waals surface area contributed by atoms with Crippen LogP contribution in [0.5, 0.6) is 5.75 Å². The zero-order valence-corrected chi connectivity index (χ0v) is 22.7. The average molecular weight is 523 g/mol. The first-order chi connectivity index (χ1) is 17.3. The van der Waals surface area contributed by atoms with Gasteiger partial charge in [0, 0.05) is 4.90 Å². The summed E-state index contributed by atoms with van der Waals surface area (Å²) in [6.45, 7) is 8.67. The van der Waals surface area contributed by atoms with Gasteiger partial charge >= 0.3 is 5.97 Å². The molecule has 0 fully saturated rings. The molecular formula is C28H30N2O4S2. The van der Waals surface area contributed by atoms with Gasteiger partial charge < -0.3 is 9.47 Å². The second-order valence-corrected chi connectivity index (χ2v) is 10.7. The van der Waals surface area contributed by atoms with E-state index in [9.17, 15) is 9.59 Å². The summed E-state index contributed by atoms with van der Waals surface area (Å²) in [5, 5.41) is 0. The zero-order valence-electron chi connectivity index (χ0n) is 21.1. The van der Waals surface area contributed by atoms with Crippen molar-refractivity contribution in [2.24, 2.45) is 10.9 Å². The molecule has 1 aliphatic rings. The molecular weight excluding hydrogens is 492 g/mol. The Hall–Kier alpha value is -3.10. The highest BCUT2D eigenvalue weighted by Crippen LogP contribution is 2.31. The number of hydrogen-bond acceptors (Lipinski definition) is 7. The van der Waals surface area contributed by atoms with Crippen LogP contribution in [0, 0.1) is 5.92 Å². The van der Waals surface area contributed by atoms with Crippen LogP contribution in [-0.4, -0.2) is 30.0 Å². The van der Waals surface area contributed by atoms with Crippen LogP contribution in [0.1, 0.15) is 44.9 Å². The summed E-state index contributed by atoms with van der Waals surface area (Å²) in [4.78, 5) is 33.0. The van der Waals surface area contributed by atoms with Gasteiger partial charge in [-0.15, -0.1) is 11.8 Å². The van der Waals surface area contributed by atoms with E-state index in [0.29, 0.717) is 33.1 Å². The number of allylic oxidation sites excluding steroid dienone is 1. The Balaban J connectivity index is 1.80. The zero-order chi connectivity index (χ0) is 25.8. The number of ether oxygens (including phenoxy) is 2. The van der Waals surface area contributed by atoms with Crippen LogP contribution < -0.4 is 19.6 Å². The summed E-state index contributed by atoms with van der Waals surface area (Å²) in [5.74, 6) is 0.786. The fraction of sp³-hybridized carbons (Fsp3) is 0.321. The van der Waals surface area contributed by atoms with Crippen molar-refractivity contribution < 1.29 is 14.3 Å². The molecule has 0 N–H and O–H groups in total. The number of esters is 1. The van der Waals surface area contributed by atoms with Crippen molar-refractivity contribution in [3.63, 3.8) is 0 Å². The van der Waals surface area contributed by atoms with Crippen LogP contribution in [0.3, 0.4) is 0 Å². The lowest BCUT2D eigenvalue weighted by molar-refractivity contribution is -0.139. The highest BCUT2D eigenvalue weighted by molar-refractivity contribution is 7.98. The standard InChI is InChI=1S/C28H30N2O4S2/c1-6-33-27(32)24-18(4)29-28-30(25(24)20-9-13-22(35-5)14-10-20)26(31)23(36-28)15-19-7-11-21(12-8-19)34-16-17(2)3/h7-15,17,25H,6,16H2,1-5H3/b23-15+/t25-/m0/s1. The fourth-order valence-electron chi connectivity index (χ4n) is 3.97. The van der Waals surface area contributed by atoms with E-state index in [-0.39, 0.29) is 12.2 Å². The lowest BCUT2D eigenvalue weighted by atomic mass is 9.96. The Morgan fingerprint density at radius 1 is 1.17 bits per heavy atom. The number of thiazole rings is 1. The molecule has 6 nitrogen and oxygen atoms in total. The first-order valence-electron chi connectivity index (χ1n) is 11.9. The van der Waals surface area contributed by atoms with Gasteiger partial charge in [-0.3, -0.25) is 9.36 Å². The fourth-order valence-corrected chi connectivity index (χ4v) is 5.42. The first-order valence-corrected chi connectivity index (χ1v) is 13.9. The number of benzene rings is 2. The maximum absolute atomic E-state index is 13.7. The number of aromatic nitrogens is 1. The van der Waals surface area contributed by atoms with Gasteiger partial charge in [-0.1, -0.05) is 49.4 Å². The summed E-state index contributed by atoms with van der Waals surface area (Å²) >= 11 is 2.96. The molecule has 0 unspecified atom stereocenters. The van der Waals surface area contributed by atoms with E-state index >= 15 is 0 Å². The molecule has 0 aliphatic carbocycles. The monoisotopic (exact) mass is 522 g/mol. The largest absolute Gasteiger partial charge is 0.493 e. The molecule has 188 valence electrons. The molecule has 3 aromatic rings. The number of rotatable bonds is 8. The van der Waals surface area contributed by atoms with E-state index in [1.807, 2.05) is 60.9 Å². The summed E-state index contributed by atoms with van der Waals surface area (Å²) in [6, 6.07) is 15.0. The Morgan fingerprint density at radius 2 is 1.86 bits per heavy atom. The number of carbonyl (C=O) groups is 1. The smallest absolute Gasteiger partial charge is 0.338 e. The van der Waals surface area contributed by atoms with E-state index in [0.717, 1.165) is 21.8 Å². The molecule has 2 aromatic carbocycles. The van der Waals surface area contributed by atoms with E-state index in [1.165, 1.54) is 11.3 Å². The van der Waals surface area contributed by atoms with Crippen molar-refractivity contribution >= 4 is 35.1 Å². The van der Waals surface area contributed by atoms with E-state index in [2.05, 4.69) is 18.8 Å². The van der Waals surface area contributed by atoms with Crippen molar-refractivity contribution in [2.75, 3.05) is 19.5 Å². The minimum atomic E-state index is -0.606. The van der Waals surface area contributed by atoms with Gasteiger partial charge in [0.15, 0.2) is 4.80 Å². The molecule has 0 saturated heterocycles. The second-order valence-electron chi connectivity index (χ2n) is 8.85. The molecule has 8 heteroatoms. The van der Waals surface area contributed by atoms with Gasteiger partial charge in [-0.2, -0.15) is 0 Å². The molecule has 0 radical (unpaired) electrons. The molecule has 0 bridgehead atoms. The van der Waals surface area contributed by atoms with Crippen molar-refractivity contribution in [2.45, 2.75) is 38.6 Å². The Morgan fingerprint density at radius 3 is 2.47 bits per heavy atom. The predicted octanol–water partition coefficient (Wildman–Crippen LogP) is 4.56. The topological polar surface area (TPSA) is 69.9 Å². The number of fused-ring (bicyclic) bond motifs is 1. The molecule has 36 heavy (non-hydrogen) atoms. The van der Waals surface area contributed by atoms with Gasteiger partial charge in [-0.05, 0) is 67.5 Å². The SMILES string of the molecule is CCOC(=O)C1=C(C)N=c2s/c(=C/c3ccc(OCC(C)C)cc3)c(=O)n2[C@H]1c1ccc(SC)cc1. The van der Waals surface area contributed by atoms with E-state index in [4.69, 9.17) is 9.47 Å². The average Bonchev–Trinajstić information content (AvgIpc) is 3.17. The summed E-state index contributed by atoms with van der Waals surface area (Å²) in [6.07, 6.45) is 3.86. The third-order valence-corrected chi connectivity index (χ3v) is 7.44. The van der Waals surface area contributed by atoms with Gasteiger partial charge in [0.1, 0.15) is 5.75 Å². The lowest BCUT2D eigenvalue weighted by Crippen LogP contribution is -2.39.